The summed E-state index contributed by atoms with van der Waals surface area (Å²) in [6.07, 6.45) is 2.51. The summed E-state index contributed by atoms with van der Waals surface area (Å²) in [4.78, 5) is 22.6. The van der Waals surface area contributed by atoms with E-state index in [0.29, 0.717) is 11.6 Å². The molecule has 5 nitrogen and oxygen atoms in total. The Hall–Kier alpha value is -1.49. The first-order valence-corrected chi connectivity index (χ1v) is 5.60. The van der Waals surface area contributed by atoms with Crippen molar-refractivity contribution < 1.29 is 4.79 Å². The lowest BCUT2D eigenvalue weighted by molar-refractivity contribution is 0.0593. The van der Waals surface area contributed by atoms with Crippen LogP contribution in [0.15, 0.2) is 6.20 Å². The SMILES string of the molecule is Cc1ncc2c(n1)CCN(C1CNC1)C2=O. The zero-order chi connectivity index (χ0) is 11.1. The Balaban J connectivity index is 1.92. The van der Waals surface area contributed by atoms with Gasteiger partial charge in [0.15, 0.2) is 0 Å². The van der Waals surface area contributed by atoms with Gasteiger partial charge in [-0.05, 0) is 6.92 Å². The number of fused-ring (bicyclic) bond motifs is 1. The average molecular weight is 218 g/mol. The quantitative estimate of drug-likeness (QED) is 0.706. The molecule has 0 radical (unpaired) electrons. The summed E-state index contributed by atoms with van der Waals surface area (Å²) in [6.45, 7) is 4.46. The van der Waals surface area contributed by atoms with E-state index in [2.05, 4.69) is 15.3 Å². The molecule has 16 heavy (non-hydrogen) atoms. The first-order chi connectivity index (χ1) is 7.75. The molecule has 0 bridgehead atoms. The van der Waals surface area contributed by atoms with Crippen molar-refractivity contribution in [3.8, 4) is 0 Å². The lowest BCUT2D eigenvalue weighted by Gasteiger charge is -2.40. The Labute approximate surface area is 93.9 Å². The molecule has 3 heterocycles. The summed E-state index contributed by atoms with van der Waals surface area (Å²) in [5, 5.41) is 3.19. The van der Waals surface area contributed by atoms with Crippen LogP contribution >= 0.6 is 0 Å². The Bertz CT molecular complexity index is 442. The van der Waals surface area contributed by atoms with Crippen LogP contribution in [0, 0.1) is 6.92 Å². The molecule has 84 valence electrons. The van der Waals surface area contributed by atoms with Crippen LogP contribution in [0.3, 0.4) is 0 Å². The van der Waals surface area contributed by atoms with Gasteiger partial charge in [-0.2, -0.15) is 0 Å². The highest BCUT2D eigenvalue weighted by molar-refractivity contribution is 5.96. The molecule has 1 amide bonds. The summed E-state index contributed by atoms with van der Waals surface area (Å²) < 4.78 is 0. The van der Waals surface area contributed by atoms with E-state index in [1.54, 1.807) is 6.20 Å². The van der Waals surface area contributed by atoms with E-state index < -0.39 is 0 Å². The van der Waals surface area contributed by atoms with Crippen LogP contribution in [-0.2, 0) is 6.42 Å². The van der Waals surface area contributed by atoms with Gasteiger partial charge in [0.25, 0.3) is 5.91 Å². The molecular formula is C11H14N4O. The summed E-state index contributed by atoms with van der Waals surface area (Å²) in [6, 6.07) is 0.363. The second-order valence-corrected chi connectivity index (χ2v) is 4.34. The molecule has 1 aromatic rings. The van der Waals surface area contributed by atoms with Crippen LogP contribution in [0.5, 0.6) is 0 Å². The number of nitrogens with zero attached hydrogens (tertiary/aromatic N) is 3. The van der Waals surface area contributed by atoms with Crippen molar-refractivity contribution in [1.82, 2.24) is 20.2 Å². The third-order valence-electron chi connectivity index (χ3n) is 3.27. The van der Waals surface area contributed by atoms with Gasteiger partial charge < -0.3 is 10.2 Å². The standard InChI is InChI=1S/C11H14N4O/c1-7-13-6-9-10(14-7)2-3-15(11(9)16)8-4-12-5-8/h6,8,12H,2-5H2,1H3. The number of hydrogen-bond donors (Lipinski definition) is 1. The maximum atomic E-state index is 12.2. The molecule has 0 saturated carbocycles. The van der Waals surface area contributed by atoms with Crippen molar-refractivity contribution in [2.24, 2.45) is 0 Å². The molecule has 5 heteroatoms. The maximum absolute atomic E-state index is 12.2. The fraction of sp³-hybridized carbons (Fsp3) is 0.545. The third kappa shape index (κ3) is 1.39. The number of hydrogen-bond acceptors (Lipinski definition) is 4. The molecule has 2 aliphatic rings. The Morgan fingerprint density at radius 3 is 3.00 bits per heavy atom. The zero-order valence-electron chi connectivity index (χ0n) is 9.23. The first-order valence-electron chi connectivity index (χ1n) is 5.60. The van der Waals surface area contributed by atoms with E-state index in [9.17, 15) is 4.79 Å². The lowest BCUT2D eigenvalue weighted by atomic mass is 10.0. The van der Waals surface area contributed by atoms with Crippen molar-refractivity contribution >= 4 is 5.91 Å². The molecule has 1 fully saturated rings. The van der Waals surface area contributed by atoms with Gasteiger partial charge in [-0.3, -0.25) is 4.79 Å². The van der Waals surface area contributed by atoms with Gasteiger partial charge in [-0.1, -0.05) is 0 Å². The van der Waals surface area contributed by atoms with Gasteiger partial charge in [0.2, 0.25) is 0 Å². The van der Waals surface area contributed by atoms with Crippen LogP contribution in [0.25, 0.3) is 0 Å². The topological polar surface area (TPSA) is 58.1 Å². The predicted molar refractivity (Wildman–Crippen MR) is 58.2 cm³/mol. The van der Waals surface area contributed by atoms with E-state index in [0.717, 1.165) is 37.6 Å². The summed E-state index contributed by atoms with van der Waals surface area (Å²) in [5.41, 5.74) is 1.59. The molecule has 0 unspecified atom stereocenters. The molecule has 2 aliphatic heterocycles. The van der Waals surface area contributed by atoms with Crippen molar-refractivity contribution in [2.45, 2.75) is 19.4 Å². The molecule has 1 N–H and O–H groups in total. The maximum Gasteiger partial charge on any atom is 0.257 e. The Morgan fingerprint density at radius 2 is 2.31 bits per heavy atom. The minimum atomic E-state index is 0.0905. The highest BCUT2D eigenvalue weighted by atomic mass is 16.2. The minimum absolute atomic E-state index is 0.0905. The monoisotopic (exact) mass is 218 g/mol. The van der Waals surface area contributed by atoms with E-state index in [-0.39, 0.29) is 5.91 Å². The summed E-state index contributed by atoms with van der Waals surface area (Å²) in [5.74, 6) is 0.832. The van der Waals surface area contributed by atoms with Crippen LogP contribution < -0.4 is 5.32 Å². The Morgan fingerprint density at radius 1 is 1.50 bits per heavy atom. The fourth-order valence-electron chi connectivity index (χ4n) is 2.21. The molecular weight excluding hydrogens is 204 g/mol. The average Bonchev–Trinajstić information content (AvgIpc) is 2.19. The van der Waals surface area contributed by atoms with Gasteiger partial charge in [-0.25, -0.2) is 9.97 Å². The molecule has 0 aliphatic carbocycles. The fourth-order valence-corrected chi connectivity index (χ4v) is 2.21. The van der Waals surface area contributed by atoms with E-state index in [1.165, 1.54) is 0 Å². The van der Waals surface area contributed by atoms with Crippen LogP contribution in [0.4, 0.5) is 0 Å². The van der Waals surface area contributed by atoms with Crippen molar-refractivity contribution in [2.75, 3.05) is 19.6 Å². The molecule has 0 spiro atoms. The van der Waals surface area contributed by atoms with Crippen molar-refractivity contribution in [3.63, 3.8) is 0 Å². The molecule has 1 saturated heterocycles. The summed E-state index contributed by atoms with van der Waals surface area (Å²) in [7, 11) is 0. The smallest absolute Gasteiger partial charge is 0.257 e. The molecule has 1 aromatic heterocycles. The van der Waals surface area contributed by atoms with Crippen LogP contribution in [0.2, 0.25) is 0 Å². The molecule has 3 rings (SSSR count). The first kappa shape index (κ1) is 9.72. The van der Waals surface area contributed by atoms with Gasteiger partial charge in [-0.15, -0.1) is 0 Å². The number of rotatable bonds is 1. The van der Waals surface area contributed by atoms with Crippen LogP contribution in [0.1, 0.15) is 21.9 Å². The largest absolute Gasteiger partial charge is 0.333 e. The zero-order valence-corrected chi connectivity index (χ0v) is 9.23. The predicted octanol–water partition coefficient (Wildman–Crippen LogP) is -0.245. The number of aryl methyl sites for hydroxylation is 1. The number of nitrogens with one attached hydrogen (secondary N) is 1. The third-order valence-corrected chi connectivity index (χ3v) is 3.27. The van der Waals surface area contributed by atoms with Gasteiger partial charge in [0.1, 0.15) is 5.82 Å². The molecule has 0 atom stereocenters. The van der Waals surface area contributed by atoms with Crippen molar-refractivity contribution in [3.05, 3.63) is 23.3 Å². The Kier molecular flexibility index (Phi) is 2.14. The minimum Gasteiger partial charge on any atom is -0.333 e. The van der Waals surface area contributed by atoms with Crippen LogP contribution in [-0.4, -0.2) is 46.5 Å². The second kappa shape index (κ2) is 3.52. The molecule has 0 aromatic carbocycles. The second-order valence-electron chi connectivity index (χ2n) is 4.34. The van der Waals surface area contributed by atoms with Gasteiger partial charge in [0, 0.05) is 32.3 Å². The van der Waals surface area contributed by atoms with E-state index in [4.69, 9.17) is 0 Å². The normalized spacial score (nSPS) is 20.6. The number of carbonyl (C=O) groups is 1. The van der Waals surface area contributed by atoms with E-state index in [1.807, 2.05) is 11.8 Å². The van der Waals surface area contributed by atoms with E-state index >= 15 is 0 Å². The van der Waals surface area contributed by atoms with Gasteiger partial charge in [0.05, 0.1) is 17.3 Å². The number of carbonyl (C=O) groups excluding carboxylic acids is 1. The summed E-state index contributed by atoms with van der Waals surface area (Å²) >= 11 is 0. The highest BCUT2D eigenvalue weighted by Crippen LogP contribution is 2.19. The number of aromatic nitrogens is 2. The van der Waals surface area contributed by atoms with Gasteiger partial charge >= 0.3 is 0 Å². The lowest BCUT2D eigenvalue weighted by Crippen LogP contribution is -2.60. The number of amides is 1. The highest BCUT2D eigenvalue weighted by Gasteiger charge is 2.33. The van der Waals surface area contributed by atoms with Crippen molar-refractivity contribution in [1.29, 1.82) is 0 Å².